The number of aromatic nitrogens is 2. The largest absolute Gasteiger partial charge is 0.338 e. The highest BCUT2D eigenvalue weighted by Crippen LogP contribution is 2.16. The van der Waals surface area contributed by atoms with Crippen molar-refractivity contribution in [1.29, 1.82) is 0 Å². The van der Waals surface area contributed by atoms with Crippen molar-refractivity contribution in [2.45, 2.75) is 45.1 Å². The highest BCUT2D eigenvalue weighted by Gasteiger charge is 2.17. The quantitative estimate of drug-likeness (QED) is 0.844. The van der Waals surface area contributed by atoms with Crippen LogP contribution in [0.2, 0.25) is 0 Å². The number of hydrogen-bond donors (Lipinski definition) is 1. The maximum absolute atomic E-state index is 5.31. The van der Waals surface area contributed by atoms with Gasteiger partial charge >= 0.3 is 0 Å². The van der Waals surface area contributed by atoms with Gasteiger partial charge in [-0.2, -0.15) is 4.98 Å². The van der Waals surface area contributed by atoms with E-state index in [1.807, 2.05) is 7.05 Å². The van der Waals surface area contributed by atoms with Crippen LogP contribution in [0, 0.1) is 0 Å². The Hall–Kier alpha value is -1.10. The van der Waals surface area contributed by atoms with Gasteiger partial charge < -0.3 is 14.7 Å². The molecule has 0 amide bonds. The summed E-state index contributed by atoms with van der Waals surface area (Å²) in [5.74, 6) is 1.51. The van der Waals surface area contributed by atoms with Gasteiger partial charge in [0.25, 0.3) is 5.95 Å². The molecule has 96 valence electrons. The first-order valence-electron chi connectivity index (χ1n) is 6.58. The smallest absolute Gasteiger partial charge is 0.266 e. The topological polar surface area (TPSA) is 54.2 Å². The number of hydrogen-bond acceptors (Lipinski definition) is 5. The fourth-order valence-corrected chi connectivity index (χ4v) is 2.21. The second kappa shape index (κ2) is 6.00. The summed E-state index contributed by atoms with van der Waals surface area (Å²) in [5.41, 5.74) is 0. The van der Waals surface area contributed by atoms with Crippen LogP contribution in [-0.4, -0.2) is 36.3 Å². The van der Waals surface area contributed by atoms with E-state index in [1.165, 1.54) is 19.3 Å². The average Bonchev–Trinajstić information content (AvgIpc) is 2.85. The molecule has 5 heteroatoms. The molecule has 1 aromatic rings. The molecule has 1 aliphatic rings. The Morgan fingerprint density at radius 2 is 2.12 bits per heavy atom. The van der Waals surface area contributed by atoms with Crippen molar-refractivity contribution in [1.82, 2.24) is 15.5 Å². The van der Waals surface area contributed by atoms with Crippen molar-refractivity contribution in [3.8, 4) is 0 Å². The zero-order chi connectivity index (χ0) is 12.1. The van der Waals surface area contributed by atoms with E-state index in [1.54, 1.807) is 0 Å². The van der Waals surface area contributed by atoms with Crippen LogP contribution < -0.4 is 10.2 Å². The van der Waals surface area contributed by atoms with Crippen LogP contribution in [0.3, 0.4) is 0 Å². The standard InChI is InChI=1S/C12H22N4O/c1-3-10(13-2)9-11-14-12(15-17-11)16-7-5-4-6-8-16/h10,13H,3-9H2,1-2H3. The molecule has 1 aliphatic heterocycles. The maximum atomic E-state index is 5.31. The molecule has 1 saturated heterocycles. The molecule has 0 aromatic carbocycles. The lowest BCUT2D eigenvalue weighted by Gasteiger charge is -2.24. The molecule has 17 heavy (non-hydrogen) atoms. The summed E-state index contributed by atoms with van der Waals surface area (Å²) < 4.78 is 5.31. The number of nitrogens with one attached hydrogen (secondary N) is 1. The Bertz CT molecular complexity index is 329. The first-order chi connectivity index (χ1) is 8.33. The number of anilines is 1. The molecule has 0 saturated carbocycles. The first kappa shape index (κ1) is 12.4. The predicted octanol–water partition coefficient (Wildman–Crippen LogP) is 1.60. The molecule has 2 rings (SSSR count). The van der Waals surface area contributed by atoms with Crippen molar-refractivity contribution < 1.29 is 4.52 Å². The summed E-state index contributed by atoms with van der Waals surface area (Å²) in [4.78, 5) is 6.70. The first-order valence-corrected chi connectivity index (χ1v) is 6.58. The van der Waals surface area contributed by atoms with Crippen LogP contribution in [-0.2, 0) is 6.42 Å². The Morgan fingerprint density at radius 1 is 1.35 bits per heavy atom. The Labute approximate surface area is 103 Å². The summed E-state index contributed by atoms with van der Waals surface area (Å²) in [6, 6.07) is 0.421. The number of piperidine rings is 1. The Kier molecular flexibility index (Phi) is 4.36. The minimum Gasteiger partial charge on any atom is -0.338 e. The highest BCUT2D eigenvalue weighted by molar-refractivity contribution is 5.28. The zero-order valence-corrected chi connectivity index (χ0v) is 10.8. The maximum Gasteiger partial charge on any atom is 0.266 e. The number of nitrogens with zero attached hydrogens (tertiary/aromatic N) is 3. The molecule has 1 atom stereocenters. The fourth-order valence-electron chi connectivity index (χ4n) is 2.21. The predicted molar refractivity (Wildman–Crippen MR) is 67.2 cm³/mol. The van der Waals surface area contributed by atoms with E-state index in [4.69, 9.17) is 4.52 Å². The second-order valence-electron chi connectivity index (χ2n) is 4.63. The second-order valence-corrected chi connectivity index (χ2v) is 4.63. The van der Waals surface area contributed by atoms with Gasteiger partial charge in [-0.3, -0.25) is 0 Å². The van der Waals surface area contributed by atoms with Crippen LogP contribution in [0.15, 0.2) is 4.52 Å². The van der Waals surface area contributed by atoms with Crippen molar-refractivity contribution in [3.05, 3.63) is 5.89 Å². The molecule has 2 heterocycles. The fraction of sp³-hybridized carbons (Fsp3) is 0.833. The molecule has 1 aromatic heterocycles. The van der Waals surface area contributed by atoms with E-state index in [9.17, 15) is 0 Å². The minimum absolute atomic E-state index is 0.421. The minimum atomic E-state index is 0.421. The van der Waals surface area contributed by atoms with Crippen LogP contribution in [0.4, 0.5) is 5.95 Å². The molecule has 5 nitrogen and oxygen atoms in total. The molecule has 1 N–H and O–H groups in total. The van der Waals surface area contributed by atoms with E-state index in [-0.39, 0.29) is 0 Å². The Morgan fingerprint density at radius 3 is 2.76 bits per heavy atom. The van der Waals surface area contributed by atoms with Gasteiger partial charge in [-0.25, -0.2) is 0 Å². The van der Waals surface area contributed by atoms with Crippen LogP contribution in [0.1, 0.15) is 38.5 Å². The third kappa shape index (κ3) is 3.19. The third-order valence-corrected chi connectivity index (χ3v) is 3.42. The molecular formula is C12H22N4O. The van der Waals surface area contributed by atoms with Crippen molar-refractivity contribution >= 4 is 5.95 Å². The normalized spacial score (nSPS) is 18.4. The molecule has 0 spiro atoms. The lowest BCUT2D eigenvalue weighted by Crippen LogP contribution is -2.30. The lowest BCUT2D eigenvalue weighted by atomic mass is 10.1. The van der Waals surface area contributed by atoms with Crippen LogP contribution >= 0.6 is 0 Å². The molecular weight excluding hydrogens is 216 g/mol. The summed E-state index contributed by atoms with van der Waals surface area (Å²) in [6.45, 7) is 4.27. The van der Waals surface area contributed by atoms with Gasteiger partial charge in [0.15, 0.2) is 0 Å². The van der Waals surface area contributed by atoms with Crippen molar-refractivity contribution in [2.24, 2.45) is 0 Å². The van der Waals surface area contributed by atoms with Crippen molar-refractivity contribution in [2.75, 3.05) is 25.0 Å². The monoisotopic (exact) mass is 238 g/mol. The number of rotatable bonds is 5. The van der Waals surface area contributed by atoms with Gasteiger partial charge in [-0.1, -0.05) is 6.92 Å². The van der Waals surface area contributed by atoms with E-state index in [2.05, 4.69) is 27.3 Å². The summed E-state index contributed by atoms with van der Waals surface area (Å²) >= 11 is 0. The van der Waals surface area contributed by atoms with Crippen LogP contribution in [0.5, 0.6) is 0 Å². The molecule has 1 unspecified atom stereocenters. The third-order valence-electron chi connectivity index (χ3n) is 3.42. The average molecular weight is 238 g/mol. The van der Waals surface area contributed by atoms with Gasteiger partial charge in [0.1, 0.15) is 0 Å². The highest BCUT2D eigenvalue weighted by atomic mass is 16.5. The lowest BCUT2D eigenvalue weighted by molar-refractivity contribution is 0.357. The van der Waals surface area contributed by atoms with Gasteiger partial charge in [0, 0.05) is 25.6 Å². The van der Waals surface area contributed by atoms with Gasteiger partial charge in [0.2, 0.25) is 5.89 Å². The summed E-state index contributed by atoms with van der Waals surface area (Å²) in [7, 11) is 1.97. The Balaban J connectivity index is 1.94. The van der Waals surface area contributed by atoms with E-state index in [0.717, 1.165) is 37.8 Å². The summed E-state index contributed by atoms with van der Waals surface area (Å²) in [5, 5.41) is 7.32. The van der Waals surface area contributed by atoms with Crippen molar-refractivity contribution in [3.63, 3.8) is 0 Å². The summed E-state index contributed by atoms with van der Waals surface area (Å²) in [6.07, 6.45) is 5.67. The van der Waals surface area contributed by atoms with Crippen LogP contribution in [0.25, 0.3) is 0 Å². The van der Waals surface area contributed by atoms with Gasteiger partial charge in [-0.15, -0.1) is 0 Å². The number of likely N-dealkylation sites (N-methyl/N-ethyl adjacent to an activating group) is 1. The van der Waals surface area contributed by atoms with Gasteiger partial charge in [-0.05, 0) is 37.9 Å². The molecule has 0 aliphatic carbocycles. The SMILES string of the molecule is CCC(Cc1nc(N2CCCCC2)no1)NC. The van der Waals surface area contributed by atoms with Gasteiger partial charge in [0.05, 0.1) is 0 Å². The van der Waals surface area contributed by atoms with E-state index < -0.39 is 0 Å². The molecule has 1 fully saturated rings. The van der Waals surface area contributed by atoms with E-state index in [0.29, 0.717) is 6.04 Å². The van der Waals surface area contributed by atoms with E-state index >= 15 is 0 Å². The zero-order valence-electron chi connectivity index (χ0n) is 10.8. The molecule has 0 radical (unpaired) electrons. The molecule has 0 bridgehead atoms.